The molecule has 1 saturated carbocycles. The van der Waals surface area contributed by atoms with Crippen LogP contribution in [0.25, 0.3) is 5.69 Å². The molecule has 1 N–H and O–H groups in total. The molecule has 0 spiro atoms. The first-order valence-electron chi connectivity index (χ1n) is 9.91. The zero-order valence-corrected chi connectivity index (χ0v) is 20.0. The van der Waals surface area contributed by atoms with Gasteiger partial charge in [0.15, 0.2) is 0 Å². The van der Waals surface area contributed by atoms with E-state index < -0.39 is 10.0 Å². The summed E-state index contributed by atoms with van der Waals surface area (Å²) in [5, 5.41) is 9.16. The number of hydrogen-bond acceptors (Lipinski definition) is 5. The summed E-state index contributed by atoms with van der Waals surface area (Å²) in [4.78, 5) is 0. The molecule has 1 heterocycles. The SMILES string of the molecule is COc1cccc(Br)c1-n1c(NS(=O)(=O)Cc2ccc(Cl)cc2)nnc1C1CCCC1. The third-order valence-electron chi connectivity index (χ3n) is 5.32. The lowest BCUT2D eigenvalue weighted by atomic mass is 10.1. The van der Waals surface area contributed by atoms with Crippen molar-refractivity contribution in [2.24, 2.45) is 0 Å². The lowest BCUT2D eigenvalue weighted by Gasteiger charge is -2.18. The van der Waals surface area contributed by atoms with Crippen LogP contribution in [0, 0.1) is 0 Å². The number of methoxy groups -OCH3 is 1. The number of sulfonamides is 1. The number of nitrogens with one attached hydrogen (secondary N) is 1. The highest BCUT2D eigenvalue weighted by Gasteiger charge is 2.29. The molecule has 0 amide bonds. The van der Waals surface area contributed by atoms with Crippen molar-refractivity contribution in [1.82, 2.24) is 14.8 Å². The van der Waals surface area contributed by atoms with Gasteiger partial charge in [-0.05, 0) is 58.6 Å². The summed E-state index contributed by atoms with van der Waals surface area (Å²) in [6, 6.07) is 12.3. The van der Waals surface area contributed by atoms with E-state index in [-0.39, 0.29) is 17.6 Å². The van der Waals surface area contributed by atoms with Crippen LogP contribution in [-0.2, 0) is 15.8 Å². The topological polar surface area (TPSA) is 86.1 Å². The largest absolute Gasteiger partial charge is 0.495 e. The van der Waals surface area contributed by atoms with Crippen LogP contribution in [0.5, 0.6) is 5.75 Å². The van der Waals surface area contributed by atoms with E-state index in [1.54, 1.807) is 35.9 Å². The number of benzene rings is 2. The average Bonchev–Trinajstić information content (AvgIpc) is 3.39. The summed E-state index contributed by atoms with van der Waals surface area (Å²) < 4.78 is 36.6. The van der Waals surface area contributed by atoms with Gasteiger partial charge in [-0.2, -0.15) is 0 Å². The van der Waals surface area contributed by atoms with Crippen molar-refractivity contribution in [2.45, 2.75) is 37.4 Å². The molecule has 0 radical (unpaired) electrons. The second-order valence-corrected chi connectivity index (χ2v) is 10.5. The molecule has 0 atom stereocenters. The first kappa shape index (κ1) is 22.1. The third-order valence-corrected chi connectivity index (χ3v) is 7.42. The van der Waals surface area contributed by atoms with E-state index in [9.17, 15) is 8.42 Å². The minimum atomic E-state index is -3.75. The van der Waals surface area contributed by atoms with Crippen LogP contribution in [0.15, 0.2) is 46.9 Å². The summed E-state index contributed by atoms with van der Waals surface area (Å²) in [5.74, 6) is 1.46. The molecule has 0 bridgehead atoms. The lowest BCUT2D eigenvalue weighted by molar-refractivity contribution is 0.412. The molecule has 0 aliphatic heterocycles. The zero-order chi connectivity index (χ0) is 22.0. The number of ether oxygens (including phenoxy) is 1. The Morgan fingerprint density at radius 1 is 1.16 bits per heavy atom. The molecule has 10 heteroatoms. The number of halogens is 2. The molecule has 0 unspecified atom stereocenters. The Bertz CT molecular complexity index is 1180. The Morgan fingerprint density at radius 3 is 2.55 bits per heavy atom. The number of hydrogen-bond donors (Lipinski definition) is 1. The van der Waals surface area contributed by atoms with Gasteiger partial charge >= 0.3 is 0 Å². The van der Waals surface area contributed by atoms with Gasteiger partial charge in [0.25, 0.3) is 0 Å². The average molecular weight is 526 g/mol. The summed E-state index contributed by atoms with van der Waals surface area (Å²) in [7, 11) is -2.17. The Morgan fingerprint density at radius 2 is 1.87 bits per heavy atom. The van der Waals surface area contributed by atoms with E-state index in [4.69, 9.17) is 16.3 Å². The molecular weight excluding hydrogens is 504 g/mol. The van der Waals surface area contributed by atoms with Crippen LogP contribution in [0.3, 0.4) is 0 Å². The number of anilines is 1. The molecule has 7 nitrogen and oxygen atoms in total. The van der Waals surface area contributed by atoms with Gasteiger partial charge in [-0.25, -0.2) is 8.42 Å². The predicted molar refractivity (Wildman–Crippen MR) is 125 cm³/mol. The third kappa shape index (κ3) is 4.88. The van der Waals surface area contributed by atoms with E-state index in [0.29, 0.717) is 22.0 Å². The molecule has 3 aromatic rings. The van der Waals surface area contributed by atoms with Gasteiger partial charge in [0.1, 0.15) is 17.3 Å². The standard InChI is InChI=1S/C21H22BrClN4O3S/c1-30-18-8-4-7-17(22)19(18)27-20(15-5-2-3-6-15)24-25-21(27)26-31(28,29)13-14-9-11-16(23)12-10-14/h4,7-12,15H,2-3,5-6,13H2,1H3,(H,25,26). The predicted octanol–water partition coefficient (Wildman–Crippen LogP) is 5.29. The molecule has 1 fully saturated rings. The molecular formula is C21H22BrClN4O3S. The molecule has 1 aliphatic rings. The maximum atomic E-state index is 12.9. The van der Waals surface area contributed by atoms with Crippen LogP contribution in [0.1, 0.15) is 43.0 Å². The summed E-state index contributed by atoms with van der Waals surface area (Å²) in [6.07, 6.45) is 4.20. The summed E-state index contributed by atoms with van der Waals surface area (Å²) >= 11 is 9.49. The van der Waals surface area contributed by atoms with Gasteiger partial charge in [0.05, 0.1) is 12.9 Å². The van der Waals surface area contributed by atoms with Crippen LogP contribution < -0.4 is 9.46 Å². The summed E-state index contributed by atoms with van der Waals surface area (Å²) in [6.45, 7) is 0. The van der Waals surface area contributed by atoms with E-state index in [1.807, 2.05) is 18.2 Å². The first-order valence-corrected chi connectivity index (χ1v) is 12.7. The van der Waals surface area contributed by atoms with Crippen molar-refractivity contribution in [3.8, 4) is 11.4 Å². The molecule has 31 heavy (non-hydrogen) atoms. The second-order valence-electron chi connectivity index (χ2n) is 7.48. The van der Waals surface area contributed by atoms with Crippen molar-refractivity contribution in [3.63, 3.8) is 0 Å². The zero-order valence-electron chi connectivity index (χ0n) is 16.9. The molecule has 4 rings (SSSR count). The van der Waals surface area contributed by atoms with Crippen molar-refractivity contribution in [3.05, 3.63) is 63.3 Å². The molecule has 1 aromatic heterocycles. The quantitative estimate of drug-likeness (QED) is 0.453. The van der Waals surface area contributed by atoms with Gasteiger partial charge in [-0.15, -0.1) is 10.2 Å². The van der Waals surface area contributed by atoms with E-state index in [1.165, 1.54) is 0 Å². The Labute approximate surface area is 195 Å². The summed E-state index contributed by atoms with van der Waals surface area (Å²) in [5.41, 5.74) is 1.29. The van der Waals surface area contributed by atoms with Crippen LogP contribution >= 0.6 is 27.5 Å². The van der Waals surface area contributed by atoms with E-state index >= 15 is 0 Å². The van der Waals surface area contributed by atoms with E-state index in [2.05, 4.69) is 30.8 Å². The molecule has 0 saturated heterocycles. The second kappa shape index (κ2) is 9.18. The first-order chi connectivity index (χ1) is 14.9. The number of nitrogens with zero attached hydrogens (tertiary/aromatic N) is 3. The lowest BCUT2D eigenvalue weighted by Crippen LogP contribution is -2.19. The van der Waals surface area contributed by atoms with Gasteiger partial charge in [-0.3, -0.25) is 9.29 Å². The fraction of sp³-hybridized carbons (Fsp3) is 0.333. The molecule has 1 aliphatic carbocycles. The Kier molecular flexibility index (Phi) is 6.55. The van der Waals surface area contributed by atoms with Gasteiger partial charge in [0.2, 0.25) is 16.0 Å². The van der Waals surface area contributed by atoms with Gasteiger partial charge < -0.3 is 4.74 Å². The highest BCUT2D eigenvalue weighted by molar-refractivity contribution is 9.10. The number of aromatic nitrogens is 3. The van der Waals surface area contributed by atoms with Crippen molar-refractivity contribution in [2.75, 3.05) is 11.8 Å². The Balaban J connectivity index is 1.75. The van der Waals surface area contributed by atoms with Gasteiger partial charge in [0, 0.05) is 15.4 Å². The maximum Gasteiger partial charge on any atom is 0.243 e. The minimum Gasteiger partial charge on any atom is -0.495 e. The van der Waals surface area contributed by atoms with Crippen molar-refractivity contribution in [1.29, 1.82) is 0 Å². The van der Waals surface area contributed by atoms with Crippen LogP contribution in [0.4, 0.5) is 5.95 Å². The normalized spacial score (nSPS) is 14.7. The monoisotopic (exact) mass is 524 g/mol. The van der Waals surface area contributed by atoms with Gasteiger partial charge in [-0.1, -0.05) is 42.6 Å². The fourth-order valence-corrected chi connectivity index (χ4v) is 5.65. The van der Waals surface area contributed by atoms with Crippen LogP contribution in [0.2, 0.25) is 5.02 Å². The maximum absolute atomic E-state index is 12.9. The minimum absolute atomic E-state index is 0.140. The number of rotatable bonds is 7. The Hall–Kier alpha value is -2.10. The molecule has 2 aromatic carbocycles. The van der Waals surface area contributed by atoms with E-state index in [0.717, 1.165) is 36.0 Å². The highest BCUT2D eigenvalue weighted by Crippen LogP contribution is 2.39. The van der Waals surface area contributed by atoms with Crippen molar-refractivity contribution >= 4 is 43.5 Å². The number of para-hydroxylation sites is 1. The van der Waals surface area contributed by atoms with Crippen LogP contribution in [-0.4, -0.2) is 30.3 Å². The fourth-order valence-electron chi connectivity index (χ4n) is 3.88. The smallest absolute Gasteiger partial charge is 0.243 e. The van der Waals surface area contributed by atoms with Crippen molar-refractivity contribution < 1.29 is 13.2 Å². The highest BCUT2D eigenvalue weighted by atomic mass is 79.9. The molecule has 164 valence electrons.